The summed E-state index contributed by atoms with van der Waals surface area (Å²) in [4.78, 5) is 18.8. The minimum absolute atomic E-state index is 0.000627. The predicted octanol–water partition coefficient (Wildman–Crippen LogP) is 2.82. The van der Waals surface area contributed by atoms with Crippen LogP contribution in [0.1, 0.15) is 47.3 Å². The molecule has 1 unspecified atom stereocenters. The fourth-order valence-corrected chi connectivity index (χ4v) is 3.36. The third kappa shape index (κ3) is 4.32. The zero-order chi connectivity index (χ0) is 19.5. The molecule has 7 nitrogen and oxygen atoms in total. The van der Waals surface area contributed by atoms with Gasteiger partial charge in [0, 0.05) is 31.7 Å². The summed E-state index contributed by atoms with van der Waals surface area (Å²) in [5.41, 5.74) is 0.304. The van der Waals surface area contributed by atoms with Crippen molar-refractivity contribution in [3.05, 3.63) is 41.3 Å². The van der Waals surface area contributed by atoms with E-state index in [4.69, 9.17) is 14.0 Å². The Morgan fingerprint density at radius 2 is 2.21 bits per heavy atom. The standard InChI is InChI=1S/C20H24FN3O4/c1-26-17-5-4-14(10-16(17)21)20(25)24-8-6-15(11-24)19-22-18(23-28-19)7-9-27-12-13-2-3-13/h4-5,10,13,15H,2-3,6-9,11-12H2,1H3. The van der Waals surface area contributed by atoms with Gasteiger partial charge >= 0.3 is 0 Å². The highest BCUT2D eigenvalue weighted by atomic mass is 19.1. The molecule has 0 N–H and O–H groups in total. The molecular weight excluding hydrogens is 365 g/mol. The van der Waals surface area contributed by atoms with Gasteiger partial charge in [-0.3, -0.25) is 4.79 Å². The van der Waals surface area contributed by atoms with E-state index in [1.165, 1.54) is 32.1 Å². The third-order valence-electron chi connectivity index (χ3n) is 5.23. The molecule has 1 aromatic heterocycles. The van der Waals surface area contributed by atoms with Crippen molar-refractivity contribution in [2.24, 2.45) is 5.92 Å². The van der Waals surface area contributed by atoms with Crippen LogP contribution in [0.15, 0.2) is 22.7 Å². The first kappa shape index (κ1) is 18.9. The molecule has 0 bridgehead atoms. The molecular formula is C20H24FN3O4. The summed E-state index contributed by atoms with van der Waals surface area (Å²) in [6.45, 7) is 2.45. The molecule has 1 atom stereocenters. The lowest BCUT2D eigenvalue weighted by molar-refractivity contribution is 0.0789. The Morgan fingerprint density at radius 3 is 2.96 bits per heavy atom. The normalized spacial score (nSPS) is 19.2. The third-order valence-corrected chi connectivity index (χ3v) is 5.23. The summed E-state index contributed by atoms with van der Waals surface area (Å²) >= 11 is 0. The van der Waals surface area contributed by atoms with Crippen molar-refractivity contribution < 1.29 is 23.2 Å². The molecule has 1 aromatic carbocycles. The van der Waals surface area contributed by atoms with Crippen LogP contribution in [0.2, 0.25) is 0 Å². The number of nitrogens with zero attached hydrogens (tertiary/aromatic N) is 3. The summed E-state index contributed by atoms with van der Waals surface area (Å²) < 4.78 is 29.8. The van der Waals surface area contributed by atoms with Crippen LogP contribution in [0.3, 0.4) is 0 Å². The van der Waals surface area contributed by atoms with Gasteiger partial charge in [0.05, 0.1) is 19.6 Å². The molecule has 4 rings (SSSR count). The van der Waals surface area contributed by atoms with E-state index in [2.05, 4.69) is 10.1 Å². The maximum absolute atomic E-state index is 13.9. The van der Waals surface area contributed by atoms with Crippen LogP contribution in [0.4, 0.5) is 4.39 Å². The summed E-state index contributed by atoms with van der Waals surface area (Å²) in [6.07, 6.45) is 3.90. The van der Waals surface area contributed by atoms with Crippen LogP contribution in [0, 0.1) is 11.7 Å². The molecule has 0 radical (unpaired) electrons. The van der Waals surface area contributed by atoms with Crippen LogP contribution in [0.5, 0.6) is 5.75 Å². The van der Waals surface area contributed by atoms with Gasteiger partial charge in [0.1, 0.15) is 0 Å². The monoisotopic (exact) mass is 389 g/mol. The molecule has 1 aliphatic heterocycles. The Morgan fingerprint density at radius 1 is 1.36 bits per heavy atom. The van der Waals surface area contributed by atoms with E-state index >= 15 is 0 Å². The van der Waals surface area contributed by atoms with E-state index < -0.39 is 5.82 Å². The zero-order valence-corrected chi connectivity index (χ0v) is 15.9. The second kappa shape index (κ2) is 8.26. The van der Waals surface area contributed by atoms with Crippen molar-refractivity contribution in [2.75, 3.05) is 33.4 Å². The number of hydrogen-bond donors (Lipinski definition) is 0. The number of hydrogen-bond acceptors (Lipinski definition) is 6. The molecule has 1 aliphatic carbocycles. The summed E-state index contributed by atoms with van der Waals surface area (Å²) in [5, 5.41) is 4.02. The van der Waals surface area contributed by atoms with E-state index in [9.17, 15) is 9.18 Å². The highest BCUT2D eigenvalue weighted by Crippen LogP contribution is 2.29. The zero-order valence-electron chi connectivity index (χ0n) is 15.9. The second-order valence-electron chi connectivity index (χ2n) is 7.40. The van der Waals surface area contributed by atoms with Gasteiger partial charge in [0.25, 0.3) is 5.91 Å². The maximum atomic E-state index is 13.9. The van der Waals surface area contributed by atoms with Gasteiger partial charge in [0.15, 0.2) is 17.4 Å². The number of carbonyl (C=O) groups excluding carboxylic acids is 1. The molecule has 2 aromatic rings. The van der Waals surface area contributed by atoms with E-state index in [0.29, 0.717) is 43.4 Å². The topological polar surface area (TPSA) is 77.7 Å². The lowest BCUT2D eigenvalue weighted by Gasteiger charge is -2.16. The van der Waals surface area contributed by atoms with Crippen molar-refractivity contribution in [1.29, 1.82) is 0 Å². The van der Waals surface area contributed by atoms with Crippen LogP contribution >= 0.6 is 0 Å². The minimum atomic E-state index is -0.547. The first-order valence-electron chi connectivity index (χ1n) is 9.67. The van der Waals surface area contributed by atoms with Crippen molar-refractivity contribution >= 4 is 5.91 Å². The fraction of sp³-hybridized carbons (Fsp3) is 0.550. The van der Waals surface area contributed by atoms with Gasteiger partial charge in [-0.15, -0.1) is 0 Å². The van der Waals surface area contributed by atoms with E-state index in [-0.39, 0.29) is 17.6 Å². The van der Waals surface area contributed by atoms with Crippen LogP contribution < -0.4 is 4.74 Å². The highest BCUT2D eigenvalue weighted by molar-refractivity contribution is 5.94. The van der Waals surface area contributed by atoms with Crippen molar-refractivity contribution in [2.45, 2.75) is 31.6 Å². The van der Waals surface area contributed by atoms with Gasteiger partial charge in [-0.2, -0.15) is 4.98 Å². The van der Waals surface area contributed by atoms with E-state index in [1.54, 1.807) is 11.0 Å². The van der Waals surface area contributed by atoms with Gasteiger partial charge in [-0.25, -0.2) is 4.39 Å². The number of benzene rings is 1. The van der Waals surface area contributed by atoms with E-state index in [1.807, 2.05) is 0 Å². The molecule has 2 heterocycles. The fourth-order valence-electron chi connectivity index (χ4n) is 3.36. The Hall–Kier alpha value is -2.48. The number of carbonyl (C=O) groups is 1. The van der Waals surface area contributed by atoms with E-state index in [0.717, 1.165) is 18.9 Å². The number of aromatic nitrogens is 2. The Bertz CT molecular complexity index is 837. The number of ether oxygens (including phenoxy) is 2. The number of likely N-dealkylation sites (tertiary alicyclic amines) is 1. The number of methoxy groups -OCH3 is 1. The van der Waals surface area contributed by atoms with Crippen molar-refractivity contribution in [3.63, 3.8) is 0 Å². The van der Waals surface area contributed by atoms with Gasteiger partial charge < -0.3 is 18.9 Å². The second-order valence-corrected chi connectivity index (χ2v) is 7.40. The molecule has 1 saturated carbocycles. The molecule has 2 aliphatic rings. The lowest BCUT2D eigenvalue weighted by atomic mass is 10.1. The van der Waals surface area contributed by atoms with Gasteiger partial charge in [0.2, 0.25) is 5.89 Å². The Labute approximate surface area is 162 Å². The molecule has 1 saturated heterocycles. The molecule has 0 spiro atoms. The molecule has 150 valence electrons. The first-order valence-corrected chi connectivity index (χ1v) is 9.67. The van der Waals surface area contributed by atoms with Crippen LogP contribution in [-0.4, -0.2) is 54.4 Å². The summed E-state index contributed by atoms with van der Waals surface area (Å²) in [5.74, 6) is 1.28. The van der Waals surface area contributed by atoms with Gasteiger partial charge in [-0.05, 0) is 43.4 Å². The van der Waals surface area contributed by atoms with Crippen LogP contribution in [0.25, 0.3) is 0 Å². The Kier molecular flexibility index (Phi) is 5.57. The highest BCUT2D eigenvalue weighted by Gasteiger charge is 2.32. The average Bonchev–Trinajstić information content (AvgIpc) is 3.19. The predicted molar refractivity (Wildman–Crippen MR) is 97.8 cm³/mol. The average molecular weight is 389 g/mol. The summed E-state index contributed by atoms with van der Waals surface area (Å²) in [7, 11) is 1.39. The molecule has 2 fully saturated rings. The Balaban J connectivity index is 1.31. The smallest absolute Gasteiger partial charge is 0.253 e. The van der Waals surface area contributed by atoms with Crippen LogP contribution in [-0.2, 0) is 11.2 Å². The van der Waals surface area contributed by atoms with Crippen molar-refractivity contribution in [1.82, 2.24) is 15.0 Å². The van der Waals surface area contributed by atoms with Gasteiger partial charge in [-0.1, -0.05) is 5.16 Å². The summed E-state index contributed by atoms with van der Waals surface area (Å²) in [6, 6.07) is 4.25. The quantitative estimate of drug-likeness (QED) is 0.646. The molecule has 1 amide bonds. The molecule has 28 heavy (non-hydrogen) atoms. The molecule has 8 heteroatoms. The lowest BCUT2D eigenvalue weighted by Crippen LogP contribution is -2.28. The van der Waals surface area contributed by atoms with Crippen molar-refractivity contribution in [3.8, 4) is 5.75 Å². The largest absolute Gasteiger partial charge is 0.494 e. The first-order chi connectivity index (χ1) is 13.6. The SMILES string of the molecule is COc1ccc(C(=O)N2CCC(c3nc(CCOCC4CC4)no3)C2)cc1F. The minimum Gasteiger partial charge on any atom is -0.494 e. The number of amides is 1. The number of rotatable bonds is 8. The maximum Gasteiger partial charge on any atom is 0.253 e. The number of halogens is 1.